The molecule has 0 fully saturated rings. The second kappa shape index (κ2) is 8.97. The Morgan fingerprint density at radius 2 is 1.60 bits per heavy atom. The molecule has 3 aliphatic heterocycles. The maximum absolute atomic E-state index is 6.71. The molecule has 5 nitrogen and oxygen atoms in total. The van der Waals surface area contributed by atoms with Gasteiger partial charge in [0.05, 0.1) is 12.1 Å². The molecular formula is C35H29N3O2. The first-order chi connectivity index (χ1) is 19.7. The van der Waals surface area contributed by atoms with Crippen LogP contribution in [0.2, 0.25) is 0 Å². The van der Waals surface area contributed by atoms with E-state index in [-0.39, 0.29) is 5.92 Å². The lowest BCUT2D eigenvalue weighted by molar-refractivity contribution is 0.344. The molecule has 0 saturated heterocycles. The molecule has 0 amide bonds. The Bertz CT molecular complexity index is 1740. The maximum Gasteiger partial charge on any atom is 0.132 e. The van der Waals surface area contributed by atoms with Gasteiger partial charge in [-0.3, -0.25) is 9.88 Å². The lowest BCUT2D eigenvalue weighted by Gasteiger charge is -2.46. The van der Waals surface area contributed by atoms with Crippen molar-refractivity contribution in [2.75, 3.05) is 20.3 Å². The van der Waals surface area contributed by atoms with Gasteiger partial charge in [-0.15, -0.1) is 0 Å². The first-order valence-corrected chi connectivity index (χ1v) is 13.8. The van der Waals surface area contributed by atoms with Crippen LogP contribution >= 0.6 is 0 Å². The van der Waals surface area contributed by atoms with Crippen molar-refractivity contribution in [3.63, 3.8) is 0 Å². The van der Waals surface area contributed by atoms with Gasteiger partial charge < -0.3 is 14.8 Å². The third kappa shape index (κ3) is 3.41. The summed E-state index contributed by atoms with van der Waals surface area (Å²) in [5, 5.41) is 3.39. The molecule has 3 aromatic carbocycles. The van der Waals surface area contributed by atoms with Crippen LogP contribution in [0.25, 0.3) is 5.57 Å². The van der Waals surface area contributed by atoms with E-state index in [0.717, 1.165) is 70.6 Å². The van der Waals surface area contributed by atoms with Crippen LogP contribution in [0.1, 0.15) is 40.3 Å². The van der Waals surface area contributed by atoms with Crippen LogP contribution in [0.15, 0.2) is 121 Å². The van der Waals surface area contributed by atoms with Gasteiger partial charge in [0.2, 0.25) is 0 Å². The van der Waals surface area contributed by atoms with Gasteiger partial charge in [0.15, 0.2) is 0 Å². The van der Waals surface area contributed by atoms with E-state index in [1.165, 1.54) is 11.1 Å². The molecule has 1 N–H and O–H groups in total. The van der Waals surface area contributed by atoms with Crippen LogP contribution in [0.5, 0.6) is 17.2 Å². The van der Waals surface area contributed by atoms with Crippen molar-refractivity contribution < 1.29 is 9.47 Å². The molecule has 4 aliphatic rings. The van der Waals surface area contributed by atoms with Crippen molar-refractivity contribution in [1.29, 1.82) is 0 Å². The number of benzene rings is 3. The molecule has 2 atom stereocenters. The summed E-state index contributed by atoms with van der Waals surface area (Å²) in [4.78, 5) is 6.92. The molecule has 0 bridgehead atoms. The molecule has 2 unspecified atom stereocenters. The minimum absolute atomic E-state index is 0.155. The number of rotatable bonds is 2. The molecule has 4 heterocycles. The van der Waals surface area contributed by atoms with Crippen LogP contribution in [-0.2, 0) is 5.41 Å². The molecule has 1 aromatic heterocycles. The lowest BCUT2D eigenvalue weighted by atomic mass is 9.60. The van der Waals surface area contributed by atoms with E-state index in [0.29, 0.717) is 0 Å². The number of fused-ring (bicyclic) bond motifs is 7. The van der Waals surface area contributed by atoms with Crippen molar-refractivity contribution in [1.82, 2.24) is 15.2 Å². The first-order valence-electron chi connectivity index (χ1n) is 13.8. The van der Waals surface area contributed by atoms with Crippen LogP contribution in [0.3, 0.4) is 0 Å². The molecule has 8 rings (SSSR count). The van der Waals surface area contributed by atoms with Crippen LogP contribution in [0, 0.1) is 0 Å². The second-order valence-electron chi connectivity index (χ2n) is 11.0. The number of ether oxygens (including phenoxy) is 2. The molecule has 0 saturated carbocycles. The van der Waals surface area contributed by atoms with Crippen molar-refractivity contribution >= 4 is 5.57 Å². The van der Waals surface area contributed by atoms with Crippen LogP contribution < -0.4 is 14.8 Å². The summed E-state index contributed by atoms with van der Waals surface area (Å²) >= 11 is 0. The van der Waals surface area contributed by atoms with Gasteiger partial charge in [-0.25, -0.2) is 0 Å². The van der Waals surface area contributed by atoms with Gasteiger partial charge in [0, 0.05) is 59.2 Å². The number of hydrogen-bond acceptors (Lipinski definition) is 5. The lowest BCUT2D eigenvalue weighted by Crippen LogP contribution is -2.39. The van der Waals surface area contributed by atoms with Crippen molar-refractivity contribution in [3.8, 4) is 17.2 Å². The van der Waals surface area contributed by atoms with Gasteiger partial charge in [0.25, 0.3) is 0 Å². The summed E-state index contributed by atoms with van der Waals surface area (Å²) in [5.74, 6) is 3.80. The van der Waals surface area contributed by atoms with Gasteiger partial charge >= 0.3 is 0 Å². The zero-order chi connectivity index (χ0) is 26.7. The number of para-hydroxylation sites is 2. The van der Waals surface area contributed by atoms with Crippen molar-refractivity contribution in [2.24, 2.45) is 0 Å². The number of allylic oxidation sites excluding steroid dienone is 4. The average molecular weight is 524 g/mol. The van der Waals surface area contributed by atoms with E-state index in [2.05, 4.69) is 119 Å². The number of nitrogens with zero attached hydrogens (tertiary/aromatic N) is 2. The Morgan fingerprint density at radius 3 is 2.38 bits per heavy atom. The van der Waals surface area contributed by atoms with E-state index >= 15 is 0 Å². The average Bonchev–Trinajstić information content (AvgIpc) is 3.01. The van der Waals surface area contributed by atoms with E-state index < -0.39 is 5.41 Å². The van der Waals surface area contributed by atoms with Gasteiger partial charge in [-0.05, 0) is 48.5 Å². The highest BCUT2D eigenvalue weighted by molar-refractivity contribution is 5.77. The molecule has 40 heavy (non-hydrogen) atoms. The fourth-order valence-corrected chi connectivity index (χ4v) is 6.77. The minimum Gasteiger partial charge on any atom is -0.461 e. The third-order valence-electron chi connectivity index (χ3n) is 8.54. The summed E-state index contributed by atoms with van der Waals surface area (Å²) in [6, 6.07) is 29.8. The Hall–Kier alpha value is -4.61. The second-order valence-corrected chi connectivity index (χ2v) is 11.0. The van der Waals surface area contributed by atoms with Crippen LogP contribution in [0.4, 0.5) is 0 Å². The number of hydrogen-bond donors (Lipinski definition) is 1. The highest BCUT2D eigenvalue weighted by Gasteiger charge is 2.51. The predicted molar refractivity (Wildman–Crippen MR) is 156 cm³/mol. The molecule has 4 aromatic rings. The van der Waals surface area contributed by atoms with E-state index in [9.17, 15) is 0 Å². The summed E-state index contributed by atoms with van der Waals surface area (Å²) in [7, 11) is 2.13. The fraction of sp³-hybridized carbons (Fsp3) is 0.171. The van der Waals surface area contributed by atoms with E-state index in [1.807, 2.05) is 12.3 Å². The molecule has 1 spiro atoms. The summed E-state index contributed by atoms with van der Waals surface area (Å²) in [6.07, 6.45) is 9.31. The first kappa shape index (κ1) is 23.3. The maximum atomic E-state index is 6.71. The van der Waals surface area contributed by atoms with Gasteiger partial charge in [-0.1, -0.05) is 66.7 Å². The molecule has 196 valence electrons. The smallest absolute Gasteiger partial charge is 0.132 e. The molecule has 0 radical (unpaired) electrons. The van der Waals surface area contributed by atoms with Crippen LogP contribution in [-0.4, -0.2) is 30.1 Å². The molecular weight excluding hydrogens is 494 g/mol. The Morgan fingerprint density at radius 1 is 0.850 bits per heavy atom. The third-order valence-corrected chi connectivity index (χ3v) is 8.54. The zero-order valence-electron chi connectivity index (χ0n) is 22.3. The fourth-order valence-electron chi connectivity index (χ4n) is 6.77. The largest absolute Gasteiger partial charge is 0.461 e. The summed E-state index contributed by atoms with van der Waals surface area (Å²) in [5.41, 5.74) is 7.48. The predicted octanol–water partition coefficient (Wildman–Crippen LogP) is 6.75. The number of likely N-dealkylation sites (N-methyl/N-ethyl adjacent to an activating group) is 1. The number of nitrogens with one attached hydrogen (secondary N) is 1. The quantitative estimate of drug-likeness (QED) is 0.315. The molecule has 1 aliphatic carbocycles. The molecule has 5 heteroatoms. The standard InChI is InChI=1S/C35H29N3O2/c1-38-21-25(20-36-22-38)23-13-15-28-33(18-23)39-31-11-4-2-8-26(31)35(28)27-9-3-5-12-32(27)40-34-19-24(14-16-29(34)35)30-10-6-7-17-37-30/h2-18,20,24,36H,19,21-22H2,1H3. The monoisotopic (exact) mass is 523 g/mol. The highest BCUT2D eigenvalue weighted by Crippen LogP contribution is 2.61. The van der Waals surface area contributed by atoms with Gasteiger partial charge in [-0.2, -0.15) is 0 Å². The Kier molecular flexibility index (Phi) is 5.22. The highest BCUT2D eigenvalue weighted by atomic mass is 16.5. The SMILES string of the molecule is CN1CNC=C(c2ccc3c(c2)Oc2ccccc2C32C3=C(CC(c4ccccn4)C=C3)Oc3ccccc32)C1. The zero-order valence-corrected chi connectivity index (χ0v) is 22.3. The van der Waals surface area contributed by atoms with E-state index in [4.69, 9.17) is 9.47 Å². The van der Waals surface area contributed by atoms with Gasteiger partial charge in [0.1, 0.15) is 23.0 Å². The normalized spacial score (nSPS) is 22.6. The summed E-state index contributed by atoms with van der Waals surface area (Å²) < 4.78 is 13.4. The Balaban J connectivity index is 1.36. The number of aromatic nitrogens is 1. The van der Waals surface area contributed by atoms with Crippen molar-refractivity contribution in [3.05, 3.63) is 149 Å². The summed E-state index contributed by atoms with van der Waals surface area (Å²) in [6.45, 7) is 1.73. The number of pyridine rings is 1. The minimum atomic E-state index is -0.561. The Labute approximate surface area is 234 Å². The van der Waals surface area contributed by atoms with E-state index in [1.54, 1.807) is 0 Å². The van der Waals surface area contributed by atoms with Crippen molar-refractivity contribution in [2.45, 2.75) is 17.8 Å². The topological polar surface area (TPSA) is 46.6 Å².